The Hall–Kier alpha value is -0.0800. The smallest absolute Gasteiger partial charge is 0.191 e. The molecule has 0 aromatic rings. The predicted octanol–water partition coefficient (Wildman–Crippen LogP) is 3.44. The second-order valence-corrected chi connectivity index (χ2v) is 8.69. The molecule has 1 unspecified atom stereocenters. The van der Waals surface area contributed by atoms with Gasteiger partial charge in [0.15, 0.2) is 5.96 Å². The minimum atomic E-state index is 0. The second-order valence-electron chi connectivity index (χ2n) is 8.69. The van der Waals surface area contributed by atoms with Gasteiger partial charge in [-0.2, -0.15) is 0 Å². The molecule has 1 atom stereocenters. The fraction of sp³-hybridized carbons (Fsp3) is 0.952. The highest BCUT2D eigenvalue weighted by molar-refractivity contribution is 14.0. The van der Waals surface area contributed by atoms with E-state index in [1.807, 2.05) is 7.05 Å². The van der Waals surface area contributed by atoms with E-state index in [2.05, 4.69) is 32.5 Å². The van der Waals surface area contributed by atoms with Gasteiger partial charge < -0.3 is 15.5 Å². The van der Waals surface area contributed by atoms with E-state index in [0.29, 0.717) is 6.04 Å². The van der Waals surface area contributed by atoms with E-state index in [-0.39, 0.29) is 24.0 Å². The molecule has 1 heterocycles. The largest absolute Gasteiger partial charge is 0.356 e. The summed E-state index contributed by atoms with van der Waals surface area (Å²) >= 11 is 0. The van der Waals surface area contributed by atoms with Crippen LogP contribution in [-0.2, 0) is 0 Å². The molecule has 3 fully saturated rings. The van der Waals surface area contributed by atoms with Crippen molar-refractivity contribution in [2.75, 3.05) is 40.3 Å². The van der Waals surface area contributed by atoms with Gasteiger partial charge in [0, 0.05) is 44.8 Å². The average molecular weight is 492 g/mol. The second kappa shape index (κ2) is 12.5. The molecule has 5 nitrogen and oxygen atoms in total. The SMILES string of the molecule is CN=C(NCCCN(C)C1CCCCC1)NC1CCN(C2CCCC2)C1.I. The topological polar surface area (TPSA) is 42.9 Å². The highest BCUT2D eigenvalue weighted by atomic mass is 127. The molecule has 1 aliphatic heterocycles. The van der Waals surface area contributed by atoms with Crippen LogP contribution in [0.15, 0.2) is 4.99 Å². The highest BCUT2D eigenvalue weighted by Crippen LogP contribution is 2.26. The Balaban J connectivity index is 0.00000261. The molecule has 27 heavy (non-hydrogen) atoms. The predicted molar refractivity (Wildman–Crippen MR) is 126 cm³/mol. The fourth-order valence-electron chi connectivity index (χ4n) is 5.13. The highest BCUT2D eigenvalue weighted by Gasteiger charge is 2.30. The average Bonchev–Trinajstić information content (AvgIpc) is 3.36. The van der Waals surface area contributed by atoms with Crippen LogP contribution in [-0.4, -0.2) is 74.2 Å². The number of rotatable bonds is 7. The maximum Gasteiger partial charge on any atom is 0.191 e. The fourth-order valence-corrected chi connectivity index (χ4v) is 5.13. The molecule has 0 spiro atoms. The first-order chi connectivity index (χ1) is 12.8. The molecule has 1 saturated heterocycles. The third-order valence-corrected chi connectivity index (χ3v) is 6.80. The Bertz CT molecular complexity index is 432. The molecular weight excluding hydrogens is 449 g/mol. The molecule has 2 aliphatic carbocycles. The number of hydrogen-bond acceptors (Lipinski definition) is 3. The summed E-state index contributed by atoms with van der Waals surface area (Å²) in [6.45, 7) is 4.64. The minimum absolute atomic E-state index is 0. The molecule has 0 radical (unpaired) electrons. The Morgan fingerprint density at radius 3 is 2.44 bits per heavy atom. The minimum Gasteiger partial charge on any atom is -0.356 e. The van der Waals surface area contributed by atoms with Gasteiger partial charge in [-0.25, -0.2) is 0 Å². The quantitative estimate of drug-likeness (QED) is 0.248. The van der Waals surface area contributed by atoms with Crippen molar-refractivity contribution in [2.24, 2.45) is 4.99 Å². The summed E-state index contributed by atoms with van der Waals surface area (Å²) in [5, 5.41) is 7.19. The zero-order valence-corrected chi connectivity index (χ0v) is 19.9. The molecule has 3 rings (SSSR count). The zero-order valence-electron chi connectivity index (χ0n) is 17.6. The molecule has 0 aromatic heterocycles. The lowest BCUT2D eigenvalue weighted by molar-refractivity contribution is 0.190. The number of guanidine groups is 1. The van der Waals surface area contributed by atoms with Crippen LogP contribution in [0, 0.1) is 0 Å². The molecule has 6 heteroatoms. The summed E-state index contributed by atoms with van der Waals surface area (Å²) in [4.78, 5) is 9.73. The normalized spacial score (nSPS) is 25.7. The Labute approximate surface area is 184 Å². The standard InChI is InChI=1S/C21H41N5.HI/c1-22-21(23-14-8-15-25(2)19-9-4-3-5-10-19)24-18-13-16-26(17-18)20-11-6-7-12-20;/h18-20H,3-17H2,1-2H3,(H2,22,23,24);1H. The molecule has 158 valence electrons. The lowest BCUT2D eigenvalue weighted by Crippen LogP contribution is -2.46. The summed E-state index contributed by atoms with van der Waals surface area (Å²) in [5.74, 6) is 0.989. The van der Waals surface area contributed by atoms with Gasteiger partial charge in [0.25, 0.3) is 0 Å². The summed E-state index contributed by atoms with van der Waals surface area (Å²) < 4.78 is 0. The van der Waals surface area contributed by atoms with Crippen LogP contribution in [0.4, 0.5) is 0 Å². The van der Waals surface area contributed by atoms with Gasteiger partial charge >= 0.3 is 0 Å². The summed E-state index contributed by atoms with van der Waals surface area (Å²) in [5.41, 5.74) is 0. The summed E-state index contributed by atoms with van der Waals surface area (Å²) in [6.07, 6.45) is 15.2. The van der Waals surface area contributed by atoms with Crippen LogP contribution in [0.1, 0.15) is 70.6 Å². The number of nitrogens with one attached hydrogen (secondary N) is 2. The Morgan fingerprint density at radius 1 is 1.04 bits per heavy atom. The van der Waals surface area contributed by atoms with Crippen LogP contribution < -0.4 is 10.6 Å². The lowest BCUT2D eigenvalue weighted by Gasteiger charge is -2.31. The number of nitrogens with zero attached hydrogens (tertiary/aromatic N) is 3. The Morgan fingerprint density at radius 2 is 1.74 bits per heavy atom. The summed E-state index contributed by atoms with van der Waals surface area (Å²) in [7, 11) is 4.20. The molecular formula is C21H42IN5. The van der Waals surface area contributed by atoms with E-state index in [4.69, 9.17) is 0 Å². The van der Waals surface area contributed by atoms with E-state index >= 15 is 0 Å². The van der Waals surface area contributed by atoms with Crippen molar-refractivity contribution in [3.8, 4) is 0 Å². The first-order valence-electron chi connectivity index (χ1n) is 11.2. The number of hydrogen-bond donors (Lipinski definition) is 2. The third kappa shape index (κ3) is 7.35. The van der Waals surface area contributed by atoms with Gasteiger partial charge in [-0.1, -0.05) is 32.1 Å². The van der Waals surface area contributed by atoms with Crippen molar-refractivity contribution in [2.45, 2.75) is 88.8 Å². The van der Waals surface area contributed by atoms with Gasteiger partial charge in [-0.05, 0) is 52.1 Å². The van der Waals surface area contributed by atoms with Crippen LogP contribution in [0.5, 0.6) is 0 Å². The monoisotopic (exact) mass is 491 g/mol. The van der Waals surface area contributed by atoms with Gasteiger partial charge in [0.05, 0.1) is 0 Å². The van der Waals surface area contributed by atoms with E-state index < -0.39 is 0 Å². The molecule has 3 aliphatic rings. The molecule has 2 saturated carbocycles. The van der Waals surface area contributed by atoms with Gasteiger partial charge in [-0.3, -0.25) is 9.89 Å². The molecule has 0 aromatic carbocycles. The van der Waals surface area contributed by atoms with Crippen molar-refractivity contribution >= 4 is 29.9 Å². The third-order valence-electron chi connectivity index (χ3n) is 6.80. The van der Waals surface area contributed by atoms with Crippen molar-refractivity contribution < 1.29 is 0 Å². The molecule has 2 N–H and O–H groups in total. The maximum absolute atomic E-state index is 4.44. The first kappa shape index (κ1) is 23.2. The lowest BCUT2D eigenvalue weighted by atomic mass is 9.94. The van der Waals surface area contributed by atoms with Crippen LogP contribution in [0.3, 0.4) is 0 Å². The maximum atomic E-state index is 4.44. The van der Waals surface area contributed by atoms with Gasteiger partial charge in [0.1, 0.15) is 0 Å². The number of likely N-dealkylation sites (tertiary alicyclic amines) is 1. The van der Waals surface area contributed by atoms with Crippen LogP contribution >= 0.6 is 24.0 Å². The number of halogens is 1. The Kier molecular flexibility index (Phi) is 10.7. The van der Waals surface area contributed by atoms with E-state index in [0.717, 1.165) is 24.6 Å². The number of aliphatic imine (C=N–C) groups is 1. The van der Waals surface area contributed by atoms with Crippen molar-refractivity contribution in [1.82, 2.24) is 20.4 Å². The van der Waals surface area contributed by atoms with Crippen molar-refractivity contribution in [3.05, 3.63) is 0 Å². The zero-order chi connectivity index (χ0) is 18.2. The van der Waals surface area contributed by atoms with Gasteiger partial charge in [0.2, 0.25) is 0 Å². The molecule has 0 bridgehead atoms. The van der Waals surface area contributed by atoms with E-state index in [1.54, 1.807) is 0 Å². The molecule has 0 amide bonds. The first-order valence-corrected chi connectivity index (χ1v) is 11.2. The van der Waals surface area contributed by atoms with Gasteiger partial charge in [-0.15, -0.1) is 24.0 Å². The van der Waals surface area contributed by atoms with E-state index in [1.165, 1.54) is 90.3 Å². The van der Waals surface area contributed by atoms with Crippen molar-refractivity contribution in [3.63, 3.8) is 0 Å². The van der Waals surface area contributed by atoms with Crippen molar-refractivity contribution in [1.29, 1.82) is 0 Å². The van der Waals surface area contributed by atoms with Crippen LogP contribution in [0.2, 0.25) is 0 Å². The summed E-state index contributed by atoms with van der Waals surface area (Å²) in [6, 6.07) is 2.24. The van der Waals surface area contributed by atoms with E-state index in [9.17, 15) is 0 Å². The van der Waals surface area contributed by atoms with Crippen LogP contribution in [0.25, 0.3) is 0 Å².